The summed E-state index contributed by atoms with van der Waals surface area (Å²) in [7, 11) is -1.14. The second-order valence-corrected chi connectivity index (χ2v) is 6.47. The van der Waals surface area contributed by atoms with Crippen LogP contribution >= 0.6 is 15.9 Å². The molecule has 0 atom stereocenters. The third-order valence-electron chi connectivity index (χ3n) is 3.67. The Balaban J connectivity index is 2.47. The highest BCUT2D eigenvalue weighted by Gasteiger charge is 2.54. The van der Waals surface area contributed by atoms with E-state index in [-0.39, 0.29) is 5.59 Å². The molecule has 1 fully saturated rings. The fourth-order valence-corrected chi connectivity index (χ4v) is 2.15. The monoisotopic (exact) mass is 351 g/mol. The van der Waals surface area contributed by atoms with E-state index in [1.54, 1.807) is 27.7 Å². The van der Waals surface area contributed by atoms with E-state index in [4.69, 9.17) is 9.31 Å². The summed E-state index contributed by atoms with van der Waals surface area (Å²) in [4.78, 5) is 3.90. The Morgan fingerprint density at radius 1 is 1.10 bits per heavy atom. The molecule has 20 heavy (non-hydrogen) atoms. The Morgan fingerprint density at radius 3 is 2.05 bits per heavy atom. The first-order valence-corrected chi connectivity index (χ1v) is 6.83. The molecule has 1 aliphatic heterocycles. The van der Waals surface area contributed by atoms with Crippen molar-refractivity contribution in [3.63, 3.8) is 0 Å². The summed E-state index contributed by atoms with van der Waals surface area (Å²) in [6.45, 7) is 7.10. The molecule has 1 aromatic rings. The molecule has 1 aromatic heterocycles. The van der Waals surface area contributed by atoms with Crippen LogP contribution < -0.4 is 5.59 Å². The second kappa shape index (κ2) is 4.71. The van der Waals surface area contributed by atoms with Gasteiger partial charge in [-0.2, -0.15) is 13.2 Å². The minimum absolute atomic E-state index is 0.259. The van der Waals surface area contributed by atoms with Gasteiger partial charge in [0.05, 0.1) is 22.4 Å². The zero-order valence-electron chi connectivity index (χ0n) is 11.5. The van der Waals surface area contributed by atoms with E-state index in [0.29, 0.717) is 4.60 Å². The average Bonchev–Trinajstić information content (AvgIpc) is 2.46. The fourth-order valence-electron chi connectivity index (χ4n) is 1.82. The number of pyridine rings is 1. The molecular formula is C12H14BBrF3NO2. The Hall–Kier alpha value is -0.595. The van der Waals surface area contributed by atoms with Gasteiger partial charge in [0, 0.05) is 0 Å². The van der Waals surface area contributed by atoms with Gasteiger partial charge in [0.2, 0.25) is 0 Å². The smallest absolute Gasteiger partial charge is 0.398 e. The van der Waals surface area contributed by atoms with E-state index in [0.717, 1.165) is 6.07 Å². The normalized spacial score (nSPS) is 21.3. The lowest BCUT2D eigenvalue weighted by Crippen LogP contribution is -2.41. The van der Waals surface area contributed by atoms with Crippen LogP contribution in [0.4, 0.5) is 13.2 Å². The lowest BCUT2D eigenvalue weighted by atomic mass is 9.80. The maximum Gasteiger partial charge on any atom is 0.515 e. The van der Waals surface area contributed by atoms with Crippen molar-refractivity contribution in [2.24, 2.45) is 0 Å². The highest BCUT2D eigenvalue weighted by Crippen LogP contribution is 2.38. The first-order chi connectivity index (χ1) is 8.94. The largest absolute Gasteiger partial charge is 0.515 e. The van der Waals surface area contributed by atoms with Gasteiger partial charge in [-0.05, 0) is 55.8 Å². The number of alkyl halides is 3. The summed E-state index contributed by atoms with van der Waals surface area (Å²) in [5.74, 6) is 0. The Bertz CT molecular complexity index is 518. The molecule has 0 spiro atoms. The van der Waals surface area contributed by atoms with Crippen LogP contribution in [-0.4, -0.2) is 23.3 Å². The Labute approximate surface area is 124 Å². The van der Waals surface area contributed by atoms with Crippen LogP contribution in [0.5, 0.6) is 0 Å². The van der Waals surface area contributed by atoms with Gasteiger partial charge >= 0.3 is 13.3 Å². The van der Waals surface area contributed by atoms with Crippen molar-refractivity contribution in [1.82, 2.24) is 4.98 Å². The molecule has 0 aliphatic carbocycles. The first-order valence-electron chi connectivity index (χ1n) is 6.03. The molecule has 1 aliphatic rings. The zero-order chi connectivity index (χ0) is 15.3. The minimum atomic E-state index is -4.51. The molecule has 0 aromatic carbocycles. The predicted octanol–water partition coefficient (Wildman–Crippen LogP) is 3.16. The number of hydrogen-bond acceptors (Lipinski definition) is 3. The molecule has 0 saturated carbocycles. The highest BCUT2D eigenvalue weighted by atomic mass is 79.9. The molecule has 0 amide bonds. The summed E-state index contributed by atoms with van der Waals surface area (Å²) in [5.41, 5.74) is -2.54. The third kappa shape index (κ3) is 2.73. The number of aromatic nitrogens is 1. The van der Waals surface area contributed by atoms with Crippen LogP contribution in [0.1, 0.15) is 33.3 Å². The maximum absolute atomic E-state index is 13.1. The van der Waals surface area contributed by atoms with E-state index in [2.05, 4.69) is 20.9 Å². The number of rotatable bonds is 1. The van der Waals surface area contributed by atoms with E-state index in [9.17, 15) is 13.2 Å². The quantitative estimate of drug-likeness (QED) is 0.575. The summed E-state index contributed by atoms with van der Waals surface area (Å²) in [6, 6.07) is 2.22. The van der Waals surface area contributed by atoms with E-state index >= 15 is 0 Å². The van der Waals surface area contributed by atoms with Crippen molar-refractivity contribution in [2.75, 3.05) is 0 Å². The van der Waals surface area contributed by atoms with Gasteiger partial charge in [-0.25, -0.2) is 4.98 Å². The van der Waals surface area contributed by atoms with Crippen molar-refractivity contribution in [1.29, 1.82) is 0 Å². The fraction of sp³-hybridized carbons (Fsp3) is 0.583. The zero-order valence-corrected chi connectivity index (χ0v) is 13.1. The predicted molar refractivity (Wildman–Crippen MR) is 72.7 cm³/mol. The number of hydrogen-bond donors (Lipinski definition) is 0. The van der Waals surface area contributed by atoms with E-state index < -0.39 is 30.1 Å². The molecule has 2 rings (SSSR count). The van der Waals surface area contributed by atoms with Gasteiger partial charge in [0.25, 0.3) is 0 Å². The van der Waals surface area contributed by atoms with Gasteiger partial charge in [0.1, 0.15) is 4.60 Å². The van der Waals surface area contributed by atoms with Gasteiger partial charge in [-0.15, -0.1) is 0 Å². The van der Waals surface area contributed by atoms with Crippen molar-refractivity contribution in [2.45, 2.75) is 45.1 Å². The molecule has 1 saturated heterocycles. The van der Waals surface area contributed by atoms with Gasteiger partial charge in [-0.3, -0.25) is 0 Å². The summed E-state index contributed by atoms with van der Waals surface area (Å²) in [5, 5.41) is 0. The number of halogens is 4. The van der Waals surface area contributed by atoms with Crippen LogP contribution in [0, 0.1) is 0 Å². The molecule has 0 bridgehead atoms. The van der Waals surface area contributed by atoms with E-state index in [1.165, 1.54) is 6.07 Å². The number of nitrogens with zero attached hydrogens (tertiary/aromatic N) is 1. The topological polar surface area (TPSA) is 31.4 Å². The lowest BCUT2D eigenvalue weighted by Gasteiger charge is -2.32. The van der Waals surface area contributed by atoms with Crippen LogP contribution in [0.25, 0.3) is 0 Å². The molecule has 0 unspecified atom stereocenters. The van der Waals surface area contributed by atoms with Gasteiger partial charge < -0.3 is 9.31 Å². The van der Waals surface area contributed by atoms with Gasteiger partial charge in [-0.1, -0.05) is 0 Å². The molecule has 110 valence electrons. The molecule has 2 heterocycles. The lowest BCUT2D eigenvalue weighted by molar-refractivity contribution is -0.137. The molecule has 0 N–H and O–H groups in total. The van der Waals surface area contributed by atoms with Crippen molar-refractivity contribution < 1.29 is 22.5 Å². The molecule has 3 nitrogen and oxygen atoms in total. The second-order valence-electron chi connectivity index (χ2n) is 5.65. The van der Waals surface area contributed by atoms with Crippen LogP contribution in [0.15, 0.2) is 16.7 Å². The SMILES string of the molecule is CC1(C)OB(c2nc(Br)ccc2C(F)(F)F)OC1(C)C. The molecule has 0 radical (unpaired) electrons. The summed E-state index contributed by atoms with van der Waals surface area (Å²) < 4.78 is 50.7. The average molecular weight is 352 g/mol. The molecular weight excluding hydrogens is 338 g/mol. The third-order valence-corrected chi connectivity index (χ3v) is 4.11. The van der Waals surface area contributed by atoms with Crippen molar-refractivity contribution >= 4 is 28.6 Å². The van der Waals surface area contributed by atoms with Crippen molar-refractivity contribution in [3.05, 3.63) is 22.3 Å². The van der Waals surface area contributed by atoms with Gasteiger partial charge in [0.15, 0.2) is 0 Å². The first kappa shape index (κ1) is 15.8. The van der Waals surface area contributed by atoms with Crippen molar-refractivity contribution in [3.8, 4) is 0 Å². The van der Waals surface area contributed by atoms with Crippen LogP contribution in [0.3, 0.4) is 0 Å². The highest BCUT2D eigenvalue weighted by molar-refractivity contribution is 9.10. The standard InChI is InChI=1S/C12H14BBrF3NO2/c1-10(2)11(3,4)20-13(19-10)9-7(12(15,16)17)5-6-8(14)18-9/h5-6H,1-4H3. The summed E-state index contributed by atoms with van der Waals surface area (Å²) >= 11 is 3.08. The van der Waals surface area contributed by atoms with Crippen LogP contribution in [0.2, 0.25) is 0 Å². The Morgan fingerprint density at radius 2 is 1.60 bits per heavy atom. The molecule has 8 heteroatoms. The van der Waals surface area contributed by atoms with E-state index in [1.807, 2.05) is 0 Å². The summed E-state index contributed by atoms with van der Waals surface area (Å²) in [6.07, 6.45) is -4.51. The maximum atomic E-state index is 13.1. The minimum Gasteiger partial charge on any atom is -0.398 e. The Kier molecular flexibility index (Phi) is 3.72. The van der Waals surface area contributed by atoms with Crippen LogP contribution in [-0.2, 0) is 15.5 Å².